The summed E-state index contributed by atoms with van der Waals surface area (Å²) in [6.07, 6.45) is 3.96. The lowest BCUT2D eigenvalue weighted by molar-refractivity contribution is -0.139. The van der Waals surface area contributed by atoms with Crippen molar-refractivity contribution in [2.75, 3.05) is 6.54 Å². The highest BCUT2D eigenvalue weighted by molar-refractivity contribution is 7.80. The Morgan fingerprint density at radius 3 is 2.33 bits per heavy atom. The van der Waals surface area contributed by atoms with Crippen molar-refractivity contribution in [3.05, 3.63) is 0 Å². The van der Waals surface area contributed by atoms with Gasteiger partial charge in [0.2, 0.25) is 0 Å². The van der Waals surface area contributed by atoms with Crippen LogP contribution in [0.2, 0.25) is 0 Å². The molecule has 0 bridgehead atoms. The monoisotopic (exact) mass is 271 g/mol. The van der Waals surface area contributed by atoms with E-state index >= 15 is 0 Å². The Kier molecular flexibility index (Phi) is 5.07. The zero-order valence-electron chi connectivity index (χ0n) is 10.9. The van der Waals surface area contributed by atoms with E-state index in [9.17, 15) is 9.59 Å². The van der Waals surface area contributed by atoms with Gasteiger partial charge in [0.05, 0.1) is 11.5 Å². The van der Waals surface area contributed by atoms with Gasteiger partial charge in [0.15, 0.2) is 0 Å². The first-order chi connectivity index (χ1) is 8.30. The van der Waals surface area contributed by atoms with Crippen LogP contribution in [0.5, 0.6) is 0 Å². The third-order valence-electron chi connectivity index (χ3n) is 3.30. The Labute approximate surface area is 113 Å². The van der Waals surface area contributed by atoms with Crippen LogP contribution in [0.1, 0.15) is 39.5 Å². The number of carbonyl (C=O) groups is 2. The molecule has 0 aromatic carbocycles. The molecule has 4 N–H and O–H groups in total. The van der Waals surface area contributed by atoms with Crippen molar-refractivity contribution in [3.8, 4) is 0 Å². The molecule has 0 saturated heterocycles. The molecule has 0 spiro atoms. The van der Waals surface area contributed by atoms with Gasteiger partial charge in [-0.3, -0.25) is 9.59 Å². The molecule has 0 atom stereocenters. The molecule has 6 heteroatoms. The third kappa shape index (κ3) is 5.00. The largest absolute Gasteiger partial charge is 0.392 e. The van der Waals surface area contributed by atoms with Gasteiger partial charge in [-0.05, 0) is 31.1 Å². The Hall–Kier alpha value is -1.17. The van der Waals surface area contributed by atoms with E-state index in [0.29, 0.717) is 5.41 Å². The predicted octanol–water partition coefficient (Wildman–Crippen LogP) is 0.474. The number of hydrogen-bond donors (Lipinski definition) is 3. The van der Waals surface area contributed by atoms with Crippen molar-refractivity contribution in [3.63, 3.8) is 0 Å². The van der Waals surface area contributed by atoms with Gasteiger partial charge >= 0.3 is 11.8 Å². The molecule has 0 aromatic heterocycles. The summed E-state index contributed by atoms with van der Waals surface area (Å²) in [5.74, 6) is -1.27. The maximum absolute atomic E-state index is 11.6. The Balaban J connectivity index is 2.32. The second-order valence-corrected chi connectivity index (χ2v) is 6.09. The number of amides is 2. The van der Waals surface area contributed by atoms with E-state index in [0.717, 1.165) is 25.7 Å². The van der Waals surface area contributed by atoms with Crippen molar-refractivity contribution in [2.45, 2.75) is 45.6 Å². The number of rotatable bonds is 3. The molecule has 18 heavy (non-hydrogen) atoms. The summed E-state index contributed by atoms with van der Waals surface area (Å²) >= 11 is 4.62. The maximum atomic E-state index is 11.6. The molecule has 0 heterocycles. The topological polar surface area (TPSA) is 84.2 Å². The number of hydrogen-bond acceptors (Lipinski definition) is 3. The molecule has 0 aromatic rings. The zero-order chi connectivity index (χ0) is 13.8. The third-order valence-corrected chi connectivity index (χ3v) is 3.45. The molecule has 1 aliphatic carbocycles. The van der Waals surface area contributed by atoms with Gasteiger partial charge < -0.3 is 16.4 Å². The van der Waals surface area contributed by atoms with Crippen molar-refractivity contribution in [1.29, 1.82) is 0 Å². The molecule has 102 valence electrons. The number of nitrogens with one attached hydrogen (secondary N) is 2. The van der Waals surface area contributed by atoms with Crippen molar-refractivity contribution < 1.29 is 9.59 Å². The fraction of sp³-hybridized carbons (Fsp3) is 0.750. The lowest BCUT2D eigenvalue weighted by Gasteiger charge is -2.34. The second kappa shape index (κ2) is 6.13. The summed E-state index contributed by atoms with van der Waals surface area (Å²) < 4.78 is 0. The van der Waals surface area contributed by atoms with Crippen LogP contribution in [0, 0.1) is 5.41 Å². The molecular weight excluding hydrogens is 250 g/mol. The Morgan fingerprint density at radius 1 is 1.28 bits per heavy atom. The van der Waals surface area contributed by atoms with Crippen LogP contribution >= 0.6 is 12.2 Å². The highest BCUT2D eigenvalue weighted by Crippen LogP contribution is 2.34. The lowest BCUT2D eigenvalue weighted by atomic mass is 9.75. The summed E-state index contributed by atoms with van der Waals surface area (Å²) in [4.78, 5) is 23.2. The molecule has 5 nitrogen and oxygen atoms in total. The highest BCUT2D eigenvalue weighted by Gasteiger charge is 2.28. The quantitative estimate of drug-likeness (QED) is 0.515. The van der Waals surface area contributed by atoms with Crippen molar-refractivity contribution >= 4 is 29.0 Å². The average molecular weight is 271 g/mol. The molecule has 0 aliphatic heterocycles. The van der Waals surface area contributed by atoms with E-state index < -0.39 is 11.8 Å². The SMILES string of the molecule is CC1(C)CCC(NC(=O)C(=O)NCC(N)=S)CC1. The lowest BCUT2D eigenvalue weighted by Crippen LogP contribution is -2.47. The van der Waals surface area contributed by atoms with E-state index in [2.05, 4.69) is 36.7 Å². The normalized spacial score (nSPS) is 19.0. The predicted molar refractivity (Wildman–Crippen MR) is 74.0 cm³/mol. The van der Waals surface area contributed by atoms with Gasteiger partial charge in [-0.2, -0.15) is 0 Å². The summed E-state index contributed by atoms with van der Waals surface area (Å²) in [5, 5.41) is 5.12. The van der Waals surface area contributed by atoms with E-state index in [-0.39, 0.29) is 17.6 Å². The Bertz CT molecular complexity index is 345. The van der Waals surface area contributed by atoms with E-state index in [1.807, 2.05) is 0 Å². The first kappa shape index (κ1) is 14.9. The highest BCUT2D eigenvalue weighted by atomic mass is 32.1. The molecule has 0 radical (unpaired) electrons. The molecule has 2 amide bonds. The molecule has 1 rings (SSSR count). The molecule has 1 aliphatic rings. The van der Waals surface area contributed by atoms with Crippen molar-refractivity contribution in [1.82, 2.24) is 10.6 Å². The van der Waals surface area contributed by atoms with Gasteiger partial charge in [-0.15, -0.1) is 0 Å². The van der Waals surface area contributed by atoms with Gasteiger partial charge in [-0.1, -0.05) is 26.1 Å². The van der Waals surface area contributed by atoms with Crippen LogP contribution in [0.15, 0.2) is 0 Å². The zero-order valence-corrected chi connectivity index (χ0v) is 11.7. The second-order valence-electron chi connectivity index (χ2n) is 5.56. The Morgan fingerprint density at radius 2 is 1.83 bits per heavy atom. The number of nitrogens with two attached hydrogens (primary N) is 1. The van der Waals surface area contributed by atoms with Crippen LogP contribution in [0.25, 0.3) is 0 Å². The number of carbonyl (C=O) groups excluding carboxylic acids is 2. The average Bonchev–Trinajstić information content (AvgIpc) is 2.28. The fourth-order valence-electron chi connectivity index (χ4n) is 2.04. The number of thiocarbonyl (C=S) groups is 1. The fourth-order valence-corrected chi connectivity index (χ4v) is 2.11. The summed E-state index contributed by atoms with van der Waals surface area (Å²) in [6.45, 7) is 4.50. The summed E-state index contributed by atoms with van der Waals surface area (Å²) in [5.41, 5.74) is 5.58. The van der Waals surface area contributed by atoms with Gasteiger partial charge in [-0.25, -0.2) is 0 Å². The van der Waals surface area contributed by atoms with Crippen LogP contribution in [0.4, 0.5) is 0 Å². The molecular formula is C12H21N3O2S. The van der Waals surface area contributed by atoms with E-state index in [4.69, 9.17) is 5.73 Å². The first-order valence-electron chi connectivity index (χ1n) is 6.17. The maximum Gasteiger partial charge on any atom is 0.309 e. The van der Waals surface area contributed by atoms with Gasteiger partial charge in [0.25, 0.3) is 0 Å². The van der Waals surface area contributed by atoms with Gasteiger partial charge in [0, 0.05) is 6.04 Å². The van der Waals surface area contributed by atoms with E-state index in [1.54, 1.807) is 0 Å². The minimum absolute atomic E-state index is 0.0548. The van der Waals surface area contributed by atoms with Crippen LogP contribution in [-0.4, -0.2) is 29.4 Å². The molecule has 1 saturated carbocycles. The van der Waals surface area contributed by atoms with Crippen LogP contribution in [-0.2, 0) is 9.59 Å². The minimum Gasteiger partial charge on any atom is -0.392 e. The summed E-state index contributed by atoms with van der Waals surface area (Å²) in [6, 6.07) is 0.0982. The van der Waals surface area contributed by atoms with Crippen LogP contribution in [0.3, 0.4) is 0 Å². The minimum atomic E-state index is -0.673. The van der Waals surface area contributed by atoms with Gasteiger partial charge in [0.1, 0.15) is 0 Å². The van der Waals surface area contributed by atoms with Crippen LogP contribution < -0.4 is 16.4 Å². The standard InChI is InChI=1S/C12H21N3O2S/c1-12(2)5-3-8(4-6-12)15-11(17)10(16)14-7-9(13)18/h8H,3-7H2,1-2H3,(H2,13,18)(H,14,16)(H,15,17). The van der Waals surface area contributed by atoms with Crippen molar-refractivity contribution in [2.24, 2.45) is 11.1 Å². The van der Waals surface area contributed by atoms with E-state index in [1.165, 1.54) is 0 Å². The summed E-state index contributed by atoms with van der Waals surface area (Å²) in [7, 11) is 0. The molecule has 0 unspecified atom stereocenters. The molecule has 1 fully saturated rings. The smallest absolute Gasteiger partial charge is 0.309 e. The first-order valence-corrected chi connectivity index (χ1v) is 6.58.